The monoisotopic (exact) mass is 559 g/mol. The molecule has 0 saturated carbocycles. The first kappa shape index (κ1) is 31.9. The van der Waals surface area contributed by atoms with Crippen molar-refractivity contribution in [2.45, 2.75) is 91.3 Å². The first-order valence-corrected chi connectivity index (χ1v) is 14.4. The molecule has 0 aliphatic heterocycles. The molecule has 0 saturated heterocycles. The van der Waals surface area contributed by atoms with Crippen LogP contribution in [0.1, 0.15) is 93.9 Å². The summed E-state index contributed by atoms with van der Waals surface area (Å²) in [6.45, 7) is 8.93. The number of carbonyl (C=O) groups is 4. The number of benzene rings is 1. The maximum absolute atomic E-state index is 13.2. The van der Waals surface area contributed by atoms with Crippen molar-refractivity contribution >= 4 is 35.1 Å². The van der Waals surface area contributed by atoms with Crippen molar-refractivity contribution in [2.75, 3.05) is 0 Å². The number of carbonyl (C=O) groups excluding carboxylic acids is 3. The number of rotatable bonds is 16. The number of carboxylic acids is 1. The Morgan fingerprint density at radius 3 is 2.33 bits per heavy atom. The molecular formula is C29H41N3O6S. The number of nitrogens with zero attached hydrogens (tertiary/aromatic N) is 1. The lowest BCUT2D eigenvalue weighted by Crippen LogP contribution is -2.40. The van der Waals surface area contributed by atoms with Crippen molar-refractivity contribution in [1.29, 1.82) is 0 Å². The highest BCUT2D eigenvalue weighted by Crippen LogP contribution is 2.28. The van der Waals surface area contributed by atoms with Gasteiger partial charge in [0.15, 0.2) is 6.10 Å². The van der Waals surface area contributed by atoms with E-state index in [0.717, 1.165) is 18.4 Å². The van der Waals surface area contributed by atoms with Crippen LogP contribution in [0.5, 0.6) is 0 Å². The Kier molecular flexibility index (Phi) is 13.1. The molecule has 0 bridgehead atoms. The minimum Gasteiger partial charge on any atom is -0.481 e. The molecule has 4 unspecified atom stereocenters. The van der Waals surface area contributed by atoms with Crippen LogP contribution in [-0.2, 0) is 25.5 Å². The smallest absolute Gasteiger partial charge is 0.306 e. The Morgan fingerprint density at radius 2 is 1.74 bits per heavy atom. The summed E-state index contributed by atoms with van der Waals surface area (Å²) in [5.41, 5.74) is 1.15. The van der Waals surface area contributed by atoms with Crippen LogP contribution in [0.15, 0.2) is 35.7 Å². The molecule has 9 nitrogen and oxygen atoms in total. The molecule has 1 aromatic carbocycles. The highest BCUT2D eigenvalue weighted by atomic mass is 32.1. The summed E-state index contributed by atoms with van der Waals surface area (Å²) in [5.74, 6) is -2.43. The molecule has 0 fully saturated rings. The lowest BCUT2D eigenvalue weighted by Gasteiger charge is -2.26. The van der Waals surface area contributed by atoms with E-state index in [2.05, 4.69) is 15.6 Å². The van der Waals surface area contributed by atoms with E-state index in [0.29, 0.717) is 24.3 Å². The maximum atomic E-state index is 13.2. The molecule has 4 atom stereocenters. The second-order valence-corrected chi connectivity index (χ2v) is 11.2. The van der Waals surface area contributed by atoms with E-state index in [4.69, 9.17) is 4.74 Å². The highest BCUT2D eigenvalue weighted by molar-refractivity contribution is 7.09. The van der Waals surface area contributed by atoms with Crippen molar-refractivity contribution < 1.29 is 29.0 Å². The molecule has 10 heteroatoms. The number of ether oxygens (including phenoxy) is 1. The number of esters is 1. The van der Waals surface area contributed by atoms with Crippen LogP contribution in [-0.4, -0.2) is 45.9 Å². The zero-order chi connectivity index (χ0) is 28.9. The first-order chi connectivity index (χ1) is 18.5. The lowest BCUT2D eigenvalue weighted by molar-refractivity contribution is -0.147. The van der Waals surface area contributed by atoms with Gasteiger partial charge < -0.3 is 20.5 Å². The molecule has 1 aromatic heterocycles. The minimum atomic E-state index is -0.927. The van der Waals surface area contributed by atoms with Crippen LogP contribution in [0.3, 0.4) is 0 Å². The zero-order valence-electron chi connectivity index (χ0n) is 23.4. The van der Waals surface area contributed by atoms with Gasteiger partial charge in [0.2, 0.25) is 5.91 Å². The van der Waals surface area contributed by atoms with Gasteiger partial charge in [0.05, 0.1) is 5.92 Å². The van der Waals surface area contributed by atoms with E-state index < -0.39 is 35.9 Å². The Bertz CT molecular complexity index is 1090. The molecule has 2 aromatic rings. The normalized spacial score (nSPS) is 14.2. The molecule has 0 aliphatic rings. The van der Waals surface area contributed by atoms with Gasteiger partial charge in [0, 0.05) is 37.2 Å². The summed E-state index contributed by atoms with van der Waals surface area (Å²) in [5, 5.41) is 17.5. The Hall–Kier alpha value is -3.27. The number of amides is 2. The van der Waals surface area contributed by atoms with Gasteiger partial charge in [0.1, 0.15) is 10.7 Å². The fourth-order valence-electron chi connectivity index (χ4n) is 4.16. The van der Waals surface area contributed by atoms with Gasteiger partial charge in [-0.25, -0.2) is 4.98 Å². The van der Waals surface area contributed by atoms with Crippen molar-refractivity contribution in [1.82, 2.24) is 15.6 Å². The SMILES string of the molecule is CCCCC(=O)NC(CC(OC(C)=O)c1nc(C(=O)NC(Cc2ccccc2)CC(C)C(=O)O)cs1)C(C)C. The Morgan fingerprint density at radius 1 is 1.05 bits per heavy atom. The number of nitrogens with one attached hydrogen (secondary N) is 2. The first-order valence-electron chi connectivity index (χ1n) is 13.5. The number of thiazole rings is 1. The van der Waals surface area contributed by atoms with Crippen LogP contribution < -0.4 is 10.6 Å². The van der Waals surface area contributed by atoms with E-state index in [1.165, 1.54) is 18.3 Å². The fraction of sp³-hybridized carbons (Fsp3) is 0.552. The van der Waals surface area contributed by atoms with Gasteiger partial charge in [-0.15, -0.1) is 11.3 Å². The third-order valence-corrected chi connectivity index (χ3v) is 7.37. The number of hydrogen-bond acceptors (Lipinski definition) is 7. The molecule has 0 radical (unpaired) electrons. The van der Waals surface area contributed by atoms with Gasteiger partial charge in [0.25, 0.3) is 5.91 Å². The maximum Gasteiger partial charge on any atom is 0.306 e. The average molecular weight is 560 g/mol. The number of aliphatic carboxylic acids is 1. The predicted molar refractivity (Wildman–Crippen MR) is 150 cm³/mol. The summed E-state index contributed by atoms with van der Waals surface area (Å²) >= 11 is 1.21. The van der Waals surface area contributed by atoms with Crippen LogP contribution in [0.25, 0.3) is 0 Å². The predicted octanol–water partition coefficient (Wildman–Crippen LogP) is 4.92. The Labute approximate surface area is 234 Å². The molecule has 214 valence electrons. The largest absolute Gasteiger partial charge is 0.481 e. The Balaban J connectivity index is 2.19. The quantitative estimate of drug-likeness (QED) is 0.249. The number of unbranched alkanes of at least 4 members (excludes halogenated alkanes) is 1. The van der Waals surface area contributed by atoms with Gasteiger partial charge in [-0.3, -0.25) is 19.2 Å². The average Bonchev–Trinajstić information content (AvgIpc) is 3.37. The zero-order valence-corrected chi connectivity index (χ0v) is 24.3. The molecule has 0 aliphatic carbocycles. The fourth-order valence-corrected chi connectivity index (χ4v) is 5.00. The second-order valence-electron chi connectivity index (χ2n) is 10.3. The van der Waals surface area contributed by atoms with Crippen LogP contribution in [0.2, 0.25) is 0 Å². The third kappa shape index (κ3) is 11.2. The summed E-state index contributed by atoms with van der Waals surface area (Å²) in [6.07, 6.45) is 2.50. The number of hydrogen-bond donors (Lipinski definition) is 3. The number of carboxylic acid groups (broad SMARTS) is 1. The summed E-state index contributed by atoms with van der Waals surface area (Å²) < 4.78 is 5.57. The van der Waals surface area contributed by atoms with Crippen molar-refractivity contribution in [3.05, 3.63) is 52.0 Å². The highest BCUT2D eigenvalue weighted by Gasteiger charge is 2.28. The topological polar surface area (TPSA) is 135 Å². The van der Waals surface area contributed by atoms with Crippen molar-refractivity contribution in [3.8, 4) is 0 Å². The van der Waals surface area contributed by atoms with E-state index >= 15 is 0 Å². The molecule has 0 spiro atoms. The summed E-state index contributed by atoms with van der Waals surface area (Å²) in [7, 11) is 0. The number of aromatic nitrogens is 1. The van der Waals surface area contributed by atoms with Crippen LogP contribution in [0.4, 0.5) is 0 Å². The van der Waals surface area contributed by atoms with Crippen LogP contribution in [0, 0.1) is 11.8 Å². The molecule has 39 heavy (non-hydrogen) atoms. The van der Waals surface area contributed by atoms with Crippen molar-refractivity contribution in [3.63, 3.8) is 0 Å². The van der Waals surface area contributed by atoms with E-state index in [-0.39, 0.29) is 30.0 Å². The standard InChI is InChI=1S/C29H41N3O6S/c1-6-7-13-26(34)31-23(18(2)3)16-25(38-20(5)33)28-32-24(17-39-28)27(35)30-22(14-19(4)29(36)37)15-21-11-9-8-10-12-21/h8-12,17-19,22-23,25H,6-7,13-16H2,1-5H3,(H,30,35)(H,31,34)(H,36,37). The van der Waals surface area contributed by atoms with Gasteiger partial charge in [-0.1, -0.05) is 64.4 Å². The van der Waals surface area contributed by atoms with Gasteiger partial charge in [-0.2, -0.15) is 0 Å². The van der Waals surface area contributed by atoms with Crippen LogP contribution >= 0.6 is 11.3 Å². The lowest BCUT2D eigenvalue weighted by atomic mass is 9.96. The molecule has 2 rings (SSSR count). The minimum absolute atomic E-state index is 0.0450. The van der Waals surface area contributed by atoms with Gasteiger partial charge in [-0.05, 0) is 30.7 Å². The summed E-state index contributed by atoms with van der Waals surface area (Å²) in [4.78, 5) is 53.4. The second kappa shape index (κ2) is 16.0. The van der Waals surface area contributed by atoms with Gasteiger partial charge >= 0.3 is 11.9 Å². The molecule has 2 amide bonds. The van der Waals surface area contributed by atoms with E-state index in [1.54, 1.807) is 12.3 Å². The summed E-state index contributed by atoms with van der Waals surface area (Å²) in [6, 6.07) is 8.90. The molecular weight excluding hydrogens is 518 g/mol. The molecule has 3 N–H and O–H groups in total. The van der Waals surface area contributed by atoms with Crippen molar-refractivity contribution in [2.24, 2.45) is 11.8 Å². The molecule has 1 heterocycles. The van der Waals surface area contributed by atoms with E-state index in [1.807, 2.05) is 51.1 Å². The van der Waals surface area contributed by atoms with E-state index in [9.17, 15) is 24.3 Å². The third-order valence-electron chi connectivity index (χ3n) is 6.43.